The Morgan fingerprint density at radius 2 is 2.17 bits per heavy atom. The van der Waals surface area contributed by atoms with Crippen LogP contribution in [0.2, 0.25) is 0 Å². The van der Waals surface area contributed by atoms with Crippen LogP contribution in [-0.4, -0.2) is 29.0 Å². The molecule has 0 bridgehead atoms. The van der Waals surface area contributed by atoms with Crippen molar-refractivity contribution in [1.82, 2.24) is 15.1 Å². The van der Waals surface area contributed by atoms with Crippen molar-refractivity contribution in [3.8, 4) is 5.75 Å². The number of ether oxygens (including phenoxy) is 1. The number of urea groups is 1. The van der Waals surface area contributed by atoms with Gasteiger partial charge in [-0.15, -0.1) is 0 Å². The molecule has 0 radical (unpaired) electrons. The fourth-order valence-electron chi connectivity index (χ4n) is 1.97. The van der Waals surface area contributed by atoms with Gasteiger partial charge in [0.15, 0.2) is 11.6 Å². The van der Waals surface area contributed by atoms with E-state index < -0.39 is 5.82 Å². The van der Waals surface area contributed by atoms with E-state index in [1.165, 1.54) is 6.07 Å². The predicted octanol–water partition coefficient (Wildman–Crippen LogP) is 3.02. The molecule has 0 atom stereocenters. The molecule has 124 valence electrons. The molecule has 0 aliphatic rings. The van der Waals surface area contributed by atoms with Gasteiger partial charge in [0.05, 0.1) is 12.7 Å². The third-order valence-corrected chi connectivity index (χ3v) is 3.16. The first kappa shape index (κ1) is 16.8. The number of nitrogens with one attached hydrogen (secondary N) is 2. The summed E-state index contributed by atoms with van der Waals surface area (Å²) in [6.45, 7) is 3.31. The van der Waals surface area contributed by atoms with Crippen LogP contribution < -0.4 is 15.4 Å². The van der Waals surface area contributed by atoms with Gasteiger partial charge in [0, 0.05) is 12.6 Å². The van der Waals surface area contributed by atoms with Crippen LogP contribution in [0.1, 0.15) is 19.8 Å². The van der Waals surface area contributed by atoms with Crippen molar-refractivity contribution in [2.24, 2.45) is 0 Å². The lowest BCUT2D eigenvalue weighted by Crippen LogP contribution is -2.33. The Labute approximate surface area is 134 Å². The summed E-state index contributed by atoms with van der Waals surface area (Å²) in [5.74, 6) is 0.398. The zero-order chi connectivity index (χ0) is 16.5. The number of halogens is 1. The van der Waals surface area contributed by atoms with Gasteiger partial charge in [0.25, 0.3) is 0 Å². The van der Waals surface area contributed by atoms with E-state index in [1.54, 1.807) is 35.1 Å². The van der Waals surface area contributed by atoms with E-state index in [4.69, 9.17) is 4.74 Å². The van der Waals surface area contributed by atoms with Gasteiger partial charge in [0.2, 0.25) is 0 Å². The number of nitrogens with zero attached hydrogens (tertiary/aromatic N) is 2. The second-order valence-electron chi connectivity index (χ2n) is 4.95. The van der Waals surface area contributed by atoms with Crippen LogP contribution in [0.15, 0.2) is 36.5 Å². The molecule has 7 heteroatoms. The third-order valence-electron chi connectivity index (χ3n) is 3.16. The summed E-state index contributed by atoms with van der Waals surface area (Å²) in [5.41, 5.74) is 0. The molecule has 0 aliphatic carbocycles. The number of hydrogen-bond donors (Lipinski definition) is 2. The van der Waals surface area contributed by atoms with E-state index in [-0.39, 0.29) is 24.9 Å². The largest absolute Gasteiger partial charge is 0.489 e. The van der Waals surface area contributed by atoms with Crippen LogP contribution in [0, 0.1) is 5.82 Å². The maximum absolute atomic E-state index is 13.3. The normalized spacial score (nSPS) is 10.3. The first-order chi connectivity index (χ1) is 11.2. The lowest BCUT2D eigenvalue weighted by Gasteiger charge is -2.10. The average molecular weight is 320 g/mol. The van der Waals surface area contributed by atoms with Crippen molar-refractivity contribution in [1.29, 1.82) is 0 Å². The van der Waals surface area contributed by atoms with Crippen molar-refractivity contribution in [2.45, 2.75) is 26.3 Å². The van der Waals surface area contributed by atoms with Gasteiger partial charge >= 0.3 is 6.03 Å². The number of hydrogen-bond acceptors (Lipinski definition) is 3. The van der Waals surface area contributed by atoms with Crippen LogP contribution >= 0.6 is 0 Å². The molecule has 1 aromatic carbocycles. The SMILES string of the molecule is CCCCn1nccc1NC(=O)NCCOc1ccccc1F. The third kappa shape index (κ3) is 5.28. The molecule has 23 heavy (non-hydrogen) atoms. The maximum Gasteiger partial charge on any atom is 0.320 e. The van der Waals surface area contributed by atoms with E-state index in [0.717, 1.165) is 19.4 Å². The molecule has 2 amide bonds. The Balaban J connectivity index is 1.71. The van der Waals surface area contributed by atoms with Gasteiger partial charge in [0.1, 0.15) is 12.4 Å². The molecule has 0 spiro atoms. The van der Waals surface area contributed by atoms with E-state index in [9.17, 15) is 9.18 Å². The zero-order valence-electron chi connectivity index (χ0n) is 13.1. The number of rotatable bonds is 8. The second-order valence-corrected chi connectivity index (χ2v) is 4.95. The molecule has 1 heterocycles. The summed E-state index contributed by atoms with van der Waals surface area (Å²) in [6, 6.07) is 7.55. The summed E-state index contributed by atoms with van der Waals surface area (Å²) >= 11 is 0. The Morgan fingerprint density at radius 3 is 2.96 bits per heavy atom. The number of amides is 2. The number of para-hydroxylation sites is 1. The quantitative estimate of drug-likeness (QED) is 0.735. The topological polar surface area (TPSA) is 68.2 Å². The van der Waals surface area contributed by atoms with E-state index in [0.29, 0.717) is 5.82 Å². The number of carbonyl (C=O) groups is 1. The molecule has 0 aliphatic heterocycles. The molecule has 2 N–H and O–H groups in total. The van der Waals surface area contributed by atoms with Crippen molar-refractivity contribution in [3.05, 3.63) is 42.3 Å². The smallest absolute Gasteiger partial charge is 0.320 e. The highest BCUT2D eigenvalue weighted by Crippen LogP contribution is 2.14. The summed E-state index contributed by atoms with van der Waals surface area (Å²) in [4.78, 5) is 11.8. The molecule has 0 saturated carbocycles. The van der Waals surface area contributed by atoms with Gasteiger partial charge in [-0.05, 0) is 18.6 Å². The summed E-state index contributed by atoms with van der Waals surface area (Å²) in [7, 11) is 0. The maximum atomic E-state index is 13.3. The number of benzene rings is 1. The van der Waals surface area contributed by atoms with Crippen molar-refractivity contribution < 1.29 is 13.9 Å². The fourth-order valence-corrected chi connectivity index (χ4v) is 1.97. The number of anilines is 1. The molecular weight excluding hydrogens is 299 g/mol. The Kier molecular flexibility index (Phi) is 6.40. The van der Waals surface area contributed by atoms with E-state index >= 15 is 0 Å². The number of unbranched alkanes of at least 4 members (excludes halogenated alkanes) is 1. The first-order valence-corrected chi connectivity index (χ1v) is 7.64. The van der Waals surface area contributed by atoms with Crippen LogP contribution in [0.25, 0.3) is 0 Å². The molecular formula is C16H21FN4O2. The second kappa shape index (κ2) is 8.77. The standard InChI is InChI=1S/C16H21FN4O2/c1-2-3-11-21-15(8-9-19-21)20-16(22)18-10-12-23-14-7-5-4-6-13(14)17/h4-9H,2-3,10-12H2,1H3,(H2,18,20,22). The highest BCUT2D eigenvalue weighted by atomic mass is 19.1. The van der Waals surface area contributed by atoms with E-state index in [2.05, 4.69) is 22.7 Å². The molecule has 2 aromatic rings. The van der Waals surface area contributed by atoms with Gasteiger partial charge < -0.3 is 10.1 Å². The zero-order valence-corrected chi connectivity index (χ0v) is 13.1. The van der Waals surface area contributed by atoms with Gasteiger partial charge in [-0.25, -0.2) is 13.9 Å². The number of aryl methyl sites for hydroxylation is 1. The summed E-state index contributed by atoms with van der Waals surface area (Å²) in [5, 5.41) is 9.55. The molecule has 2 rings (SSSR count). The fraction of sp³-hybridized carbons (Fsp3) is 0.375. The lowest BCUT2D eigenvalue weighted by atomic mass is 10.3. The summed E-state index contributed by atoms with van der Waals surface area (Å²) < 4.78 is 20.4. The number of aromatic nitrogens is 2. The van der Waals surface area contributed by atoms with Crippen molar-refractivity contribution in [3.63, 3.8) is 0 Å². The Hall–Kier alpha value is -2.57. The van der Waals surface area contributed by atoms with Crippen LogP contribution in [0.5, 0.6) is 5.75 Å². The lowest BCUT2D eigenvalue weighted by molar-refractivity contribution is 0.246. The van der Waals surface area contributed by atoms with Crippen LogP contribution in [0.3, 0.4) is 0 Å². The average Bonchev–Trinajstić information content (AvgIpc) is 2.98. The van der Waals surface area contributed by atoms with Crippen molar-refractivity contribution >= 4 is 11.8 Å². The van der Waals surface area contributed by atoms with E-state index in [1.807, 2.05) is 0 Å². The molecule has 6 nitrogen and oxygen atoms in total. The number of carbonyl (C=O) groups excluding carboxylic acids is 1. The van der Waals surface area contributed by atoms with Gasteiger partial charge in [-0.1, -0.05) is 25.5 Å². The van der Waals surface area contributed by atoms with Gasteiger partial charge in [-0.2, -0.15) is 5.10 Å². The minimum atomic E-state index is -0.420. The van der Waals surface area contributed by atoms with Crippen LogP contribution in [-0.2, 0) is 6.54 Å². The Morgan fingerprint density at radius 1 is 1.35 bits per heavy atom. The minimum absolute atomic E-state index is 0.173. The molecule has 0 saturated heterocycles. The Bertz CT molecular complexity index is 630. The molecule has 0 fully saturated rings. The highest BCUT2D eigenvalue weighted by molar-refractivity contribution is 5.88. The summed E-state index contributed by atoms with van der Waals surface area (Å²) in [6.07, 6.45) is 3.69. The minimum Gasteiger partial charge on any atom is -0.489 e. The predicted molar refractivity (Wildman–Crippen MR) is 86.1 cm³/mol. The molecule has 1 aromatic heterocycles. The first-order valence-electron chi connectivity index (χ1n) is 7.64. The van der Waals surface area contributed by atoms with Crippen molar-refractivity contribution in [2.75, 3.05) is 18.5 Å². The highest BCUT2D eigenvalue weighted by Gasteiger charge is 2.07. The van der Waals surface area contributed by atoms with Gasteiger partial charge in [-0.3, -0.25) is 5.32 Å². The monoisotopic (exact) mass is 320 g/mol. The molecule has 0 unspecified atom stereocenters. The van der Waals surface area contributed by atoms with Crippen LogP contribution in [0.4, 0.5) is 15.0 Å².